The number of pyridine rings is 1. The molecule has 0 amide bonds. The molecule has 62 valence electrons. The average molecular weight is 160 g/mol. The van der Waals surface area contributed by atoms with Crippen LogP contribution in [0.15, 0.2) is 18.3 Å². The number of hydrogen-bond donors (Lipinski definition) is 0. The van der Waals surface area contributed by atoms with Crippen molar-refractivity contribution in [2.45, 2.75) is 26.2 Å². The van der Waals surface area contributed by atoms with E-state index in [2.05, 4.69) is 24.9 Å². The Hall–Kier alpha value is -1.36. The van der Waals surface area contributed by atoms with Gasteiger partial charge in [0.05, 0.1) is 12.5 Å². The van der Waals surface area contributed by atoms with E-state index in [4.69, 9.17) is 5.26 Å². The van der Waals surface area contributed by atoms with Crippen molar-refractivity contribution in [2.24, 2.45) is 0 Å². The van der Waals surface area contributed by atoms with Crippen molar-refractivity contribution in [2.75, 3.05) is 0 Å². The molecule has 0 saturated carbocycles. The molecule has 1 aromatic heterocycles. The van der Waals surface area contributed by atoms with Crippen molar-refractivity contribution in [3.05, 3.63) is 29.6 Å². The molecule has 0 atom stereocenters. The average Bonchev–Trinajstić information content (AvgIpc) is 2.05. The van der Waals surface area contributed by atoms with Crippen LogP contribution in [0, 0.1) is 11.3 Å². The summed E-state index contributed by atoms with van der Waals surface area (Å²) in [5.74, 6) is 0.398. The minimum atomic E-state index is 0.398. The first kappa shape index (κ1) is 8.73. The SMILES string of the molecule is CC(C)c1ncccc1CC#N. The quantitative estimate of drug-likeness (QED) is 0.665. The van der Waals surface area contributed by atoms with Gasteiger partial charge in [0.25, 0.3) is 0 Å². The van der Waals surface area contributed by atoms with Gasteiger partial charge in [-0.15, -0.1) is 0 Å². The first-order chi connectivity index (χ1) is 5.75. The van der Waals surface area contributed by atoms with Gasteiger partial charge in [-0.25, -0.2) is 0 Å². The fourth-order valence-corrected chi connectivity index (χ4v) is 1.21. The Kier molecular flexibility index (Phi) is 2.82. The van der Waals surface area contributed by atoms with E-state index in [0.717, 1.165) is 11.3 Å². The molecule has 1 rings (SSSR count). The zero-order chi connectivity index (χ0) is 8.97. The van der Waals surface area contributed by atoms with Gasteiger partial charge in [-0.2, -0.15) is 5.26 Å². The van der Waals surface area contributed by atoms with Crippen LogP contribution in [0.2, 0.25) is 0 Å². The van der Waals surface area contributed by atoms with Gasteiger partial charge in [-0.1, -0.05) is 19.9 Å². The lowest BCUT2D eigenvalue weighted by Crippen LogP contribution is -1.98. The van der Waals surface area contributed by atoms with E-state index in [0.29, 0.717) is 12.3 Å². The molecular weight excluding hydrogens is 148 g/mol. The van der Waals surface area contributed by atoms with E-state index in [1.165, 1.54) is 0 Å². The molecule has 0 aliphatic rings. The second-order valence-corrected chi connectivity index (χ2v) is 3.04. The van der Waals surface area contributed by atoms with Gasteiger partial charge in [0.1, 0.15) is 0 Å². The third kappa shape index (κ3) is 1.82. The summed E-state index contributed by atoms with van der Waals surface area (Å²) >= 11 is 0. The normalized spacial score (nSPS) is 9.83. The first-order valence-electron chi connectivity index (χ1n) is 4.06. The molecule has 0 spiro atoms. The fourth-order valence-electron chi connectivity index (χ4n) is 1.21. The summed E-state index contributed by atoms with van der Waals surface area (Å²) in [4.78, 5) is 4.25. The molecule has 2 nitrogen and oxygen atoms in total. The molecule has 0 unspecified atom stereocenters. The molecule has 1 heterocycles. The molecule has 0 saturated heterocycles. The molecule has 1 aromatic rings. The summed E-state index contributed by atoms with van der Waals surface area (Å²) in [6, 6.07) is 5.98. The molecule has 0 radical (unpaired) electrons. The highest BCUT2D eigenvalue weighted by Crippen LogP contribution is 2.16. The van der Waals surface area contributed by atoms with E-state index in [1.807, 2.05) is 12.1 Å². The van der Waals surface area contributed by atoms with Gasteiger partial charge in [0, 0.05) is 11.9 Å². The van der Waals surface area contributed by atoms with Crippen LogP contribution >= 0.6 is 0 Å². The van der Waals surface area contributed by atoms with Crippen LogP contribution in [-0.4, -0.2) is 4.98 Å². The molecule has 2 heteroatoms. The summed E-state index contributed by atoms with van der Waals surface area (Å²) in [6.07, 6.45) is 2.23. The zero-order valence-corrected chi connectivity index (χ0v) is 7.41. The monoisotopic (exact) mass is 160 g/mol. The number of hydrogen-bond acceptors (Lipinski definition) is 2. The molecule has 0 aliphatic heterocycles. The van der Waals surface area contributed by atoms with Crippen molar-refractivity contribution >= 4 is 0 Å². The summed E-state index contributed by atoms with van der Waals surface area (Å²) in [7, 11) is 0. The highest BCUT2D eigenvalue weighted by atomic mass is 14.7. The fraction of sp³-hybridized carbons (Fsp3) is 0.400. The Labute approximate surface area is 72.9 Å². The van der Waals surface area contributed by atoms with Crippen LogP contribution in [0.1, 0.15) is 31.0 Å². The van der Waals surface area contributed by atoms with Crippen LogP contribution < -0.4 is 0 Å². The maximum Gasteiger partial charge on any atom is 0.0670 e. The van der Waals surface area contributed by atoms with Crippen LogP contribution in [0.5, 0.6) is 0 Å². The lowest BCUT2D eigenvalue weighted by Gasteiger charge is -2.07. The standard InChI is InChI=1S/C10H12N2/c1-8(2)10-9(5-6-11)4-3-7-12-10/h3-4,7-8H,5H2,1-2H3. The lowest BCUT2D eigenvalue weighted by molar-refractivity contribution is 0.806. The lowest BCUT2D eigenvalue weighted by atomic mass is 10.0. The topological polar surface area (TPSA) is 36.7 Å². The molecule has 0 fully saturated rings. The third-order valence-electron chi connectivity index (χ3n) is 1.74. The minimum Gasteiger partial charge on any atom is -0.261 e. The van der Waals surface area contributed by atoms with Crippen LogP contribution in [0.25, 0.3) is 0 Å². The Morgan fingerprint density at radius 2 is 2.33 bits per heavy atom. The smallest absolute Gasteiger partial charge is 0.0670 e. The van der Waals surface area contributed by atoms with Gasteiger partial charge in [0.15, 0.2) is 0 Å². The molecular formula is C10H12N2. The summed E-state index contributed by atoms with van der Waals surface area (Å²) in [6.45, 7) is 4.17. The summed E-state index contributed by atoms with van der Waals surface area (Å²) < 4.78 is 0. The first-order valence-corrected chi connectivity index (χ1v) is 4.06. The minimum absolute atomic E-state index is 0.398. The Morgan fingerprint density at radius 3 is 2.92 bits per heavy atom. The molecule has 12 heavy (non-hydrogen) atoms. The Morgan fingerprint density at radius 1 is 1.58 bits per heavy atom. The highest BCUT2D eigenvalue weighted by molar-refractivity contribution is 5.25. The van der Waals surface area contributed by atoms with Crippen LogP contribution in [-0.2, 0) is 6.42 Å². The highest BCUT2D eigenvalue weighted by Gasteiger charge is 2.05. The van der Waals surface area contributed by atoms with Gasteiger partial charge in [-0.3, -0.25) is 4.98 Å². The Balaban J connectivity index is 3.02. The molecule has 0 aromatic carbocycles. The molecule has 0 N–H and O–H groups in total. The maximum absolute atomic E-state index is 8.55. The van der Waals surface area contributed by atoms with Crippen LogP contribution in [0.3, 0.4) is 0 Å². The summed E-state index contributed by atoms with van der Waals surface area (Å²) in [5, 5.41) is 8.55. The van der Waals surface area contributed by atoms with Crippen molar-refractivity contribution in [3.63, 3.8) is 0 Å². The van der Waals surface area contributed by atoms with Gasteiger partial charge >= 0.3 is 0 Å². The van der Waals surface area contributed by atoms with Gasteiger partial charge in [-0.05, 0) is 17.5 Å². The molecule has 0 bridgehead atoms. The van der Waals surface area contributed by atoms with E-state index in [9.17, 15) is 0 Å². The second-order valence-electron chi connectivity index (χ2n) is 3.04. The van der Waals surface area contributed by atoms with E-state index >= 15 is 0 Å². The largest absolute Gasteiger partial charge is 0.261 e. The van der Waals surface area contributed by atoms with Gasteiger partial charge < -0.3 is 0 Å². The number of aromatic nitrogens is 1. The Bertz CT molecular complexity index is 297. The van der Waals surface area contributed by atoms with Crippen LogP contribution in [0.4, 0.5) is 0 Å². The zero-order valence-electron chi connectivity index (χ0n) is 7.41. The third-order valence-corrected chi connectivity index (χ3v) is 1.74. The van der Waals surface area contributed by atoms with Crippen molar-refractivity contribution < 1.29 is 0 Å². The second kappa shape index (κ2) is 3.87. The predicted octanol–water partition coefficient (Wildman–Crippen LogP) is 2.27. The number of nitriles is 1. The van der Waals surface area contributed by atoms with E-state index in [-0.39, 0.29) is 0 Å². The van der Waals surface area contributed by atoms with E-state index in [1.54, 1.807) is 6.20 Å². The number of nitrogens with zero attached hydrogens (tertiary/aromatic N) is 2. The van der Waals surface area contributed by atoms with Crippen molar-refractivity contribution in [1.29, 1.82) is 5.26 Å². The van der Waals surface area contributed by atoms with E-state index < -0.39 is 0 Å². The van der Waals surface area contributed by atoms with Crippen molar-refractivity contribution in [1.82, 2.24) is 4.98 Å². The molecule has 0 aliphatic carbocycles. The number of rotatable bonds is 2. The van der Waals surface area contributed by atoms with Crippen molar-refractivity contribution in [3.8, 4) is 6.07 Å². The van der Waals surface area contributed by atoms with Gasteiger partial charge in [0.2, 0.25) is 0 Å². The maximum atomic E-state index is 8.55. The predicted molar refractivity (Wildman–Crippen MR) is 47.6 cm³/mol. The summed E-state index contributed by atoms with van der Waals surface area (Å²) in [5.41, 5.74) is 2.09.